The predicted octanol–water partition coefficient (Wildman–Crippen LogP) is 3.61. The molecule has 0 bridgehead atoms. The van der Waals surface area contributed by atoms with Gasteiger partial charge < -0.3 is 5.73 Å². The van der Waals surface area contributed by atoms with Gasteiger partial charge in [0.1, 0.15) is 5.69 Å². The molecule has 2 N–H and O–H groups in total. The summed E-state index contributed by atoms with van der Waals surface area (Å²) in [6, 6.07) is 15.0. The normalized spacial score (nSPS) is 10.3. The van der Waals surface area contributed by atoms with E-state index in [1.807, 2.05) is 24.3 Å². The first-order valence-electron chi connectivity index (χ1n) is 5.82. The number of nitro groups is 1. The summed E-state index contributed by atoms with van der Waals surface area (Å²) in [5, 5.41) is 10.8. The highest BCUT2D eigenvalue weighted by molar-refractivity contribution is 7.97. The largest absolute Gasteiger partial charge is 0.393 e. The van der Waals surface area contributed by atoms with E-state index in [4.69, 9.17) is 5.73 Å². The summed E-state index contributed by atoms with van der Waals surface area (Å²) in [5.74, 6) is 1.53. The number of nitrogens with zero attached hydrogens (tertiary/aromatic N) is 1. The fourth-order valence-corrected chi connectivity index (χ4v) is 2.74. The highest BCUT2D eigenvalue weighted by Gasteiger charge is 2.13. The van der Waals surface area contributed by atoms with Crippen molar-refractivity contribution in [1.82, 2.24) is 0 Å². The molecule has 0 radical (unpaired) electrons. The van der Waals surface area contributed by atoms with Gasteiger partial charge in [-0.15, -0.1) is 0 Å². The van der Waals surface area contributed by atoms with Crippen LogP contribution in [0.1, 0.15) is 11.1 Å². The molecule has 0 aliphatic rings. The van der Waals surface area contributed by atoms with Crippen LogP contribution in [0.2, 0.25) is 0 Å². The topological polar surface area (TPSA) is 69.2 Å². The van der Waals surface area contributed by atoms with E-state index in [0.29, 0.717) is 5.75 Å². The van der Waals surface area contributed by atoms with Crippen LogP contribution in [0.4, 0.5) is 11.4 Å². The van der Waals surface area contributed by atoms with Crippen molar-refractivity contribution >= 4 is 23.1 Å². The van der Waals surface area contributed by atoms with Crippen molar-refractivity contribution in [1.29, 1.82) is 0 Å². The average Bonchev–Trinajstić information content (AvgIpc) is 2.41. The molecular formula is C14H14N2O2S. The third kappa shape index (κ3) is 3.48. The van der Waals surface area contributed by atoms with Gasteiger partial charge in [-0.1, -0.05) is 42.5 Å². The van der Waals surface area contributed by atoms with Crippen LogP contribution in [0.3, 0.4) is 0 Å². The van der Waals surface area contributed by atoms with Gasteiger partial charge in [0.25, 0.3) is 5.69 Å². The van der Waals surface area contributed by atoms with Crippen LogP contribution in [0, 0.1) is 10.1 Å². The number of nitrogen functional groups attached to an aromatic ring is 1. The molecule has 19 heavy (non-hydrogen) atoms. The Balaban J connectivity index is 2.00. The maximum absolute atomic E-state index is 10.8. The summed E-state index contributed by atoms with van der Waals surface area (Å²) in [5.41, 5.74) is 8.11. The van der Waals surface area contributed by atoms with Gasteiger partial charge in [0.15, 0.2) is 0 Å². The number of para-hydroxylation sites is 1. The highest BCUT2D eigenvalue weighted by Crippen LogP contribution is 2.28. The Labute approximate surface area is 115 Å². The molecule has 0 heterocycles. The first-order valence-corrected chi connectivity index (χ1v) is 6.97. The Kier molecular flexibility index (Phi) is 4.41. The van der Waals surface area contributed by atoms with Crippen molar-refractivity contribution in [3.05, 3.63) is 69.8 Å². The Morgan fingerprint density at radius 2 is 1.79 bits per heavy atom. The molecule has 0 saturated heterocycles. The SMILES string of the molecule is Nc1c(CSCc2ccccc2)cccc1[N+](=O)[O-]. The molecule has 0 aliphatic heterocycles. The number of anilines is 1. The lowest BCUT2D eigenvalue weighted by Gasteiger charge is -2.06. The lowest BCUT2D eigenvalue weighted by Crippen LogP contribution is -1.99. The highest BCUT2D eigenvalue weighted by atomic mass is 32.2. The van der Waals surface area contributed by atoms with E-state index in [1.165, 1.54) is 11.6 Å². The quantitative estimate of drug-likeness (QED) is 0.513. The van der Waals surface area contributed by atoms with Crippen LogP contribution in [0.15, 0.2) is 48.5 Å². The van der Waals surface area contributed by atoms with E-state index in [2.05, 4.69) is 12.1 Å². The molecule has 0 amide bonds. The standard InChI is InChI=1S/C14H14N2O2S/c15-14-12(7-4-8-13(14)16(17)18)10-19-9-11-5-2-1-3-6-11/h1-8H,9-10,15H2. The van der Waals surface area contributed by atoms with Gasteiger partial charge in [-0.2, -0.15) is 11.8 Å². The molecule has 0 atom stereocenters. The van der Waals surface area contributed by atoms with E-state index < -0.39 is 4.92 Å². The number of benzene rings is 2. The van der Waals surface area contributed by atoms with E-state index in [0.717, 1.165) is 11.3 Å². The Bertz CT molecular complexity index is 573. The molecule has 0 fully saturated rings. The van der Waals surface area contributed by atoms with Crippen LogP contribution in [-0.2, 0) is 11.5 Å². The lowest BCUT2D eigenvalue weighted by atomic mass is 10.2. The number of hydrogen-bond donors (Lipinski definition) is 1. The van der Waals surface area contributed by atoms with Gasteiger partial charge in [-0.05, 0) is 11.1 Å². The fraction of sp³-hybridized carbons (Fsp3) is 0.143. The number of nitro benzene ring substituents is 1. The first kappa shape index (κ1) is 13.4. The van der Waals surface area contributed by atoms with Crippen LogP contribution < -0.4 is 5.73 Å². The van der Waals surface area contributed by atoms with Crippen LogP contribution in [0.25, 0.3) is 0 Å². The second-order valence-corrected chi connectivity index (χ2v) is 5.07. The number of nitrogens with two attached hydrogens (primary N) is 1. The minimum Gasteiger partial charge on any atom is -0.393 e. The van der Waals surface area contributed by atoms with E-state index >= 15 is 0 Å². The van der Waals surface area contributed by atoms with Gasteiger partial charge >= 0.3 is 0 Å². The second-order valence-electron chi connectivity index (χ2n) is 4.09. The van der Waals surface area contributed by atoms with E-state index in [1.54, 1.807) is 17.8 Å². The fourth-order valence-electron chi connectivity index (χ4n) is 1.74. The maximum atomic E-state index is 10.8. The van der Waals surface area contributed by atoms with Crippen LogP contribution in [0.5, 0.6) is 0 Å². The molecule has 0 saturated carbocycles. The summed E-state index contributed by atoms with van der Waals surface area (Å²) in [4.78, 5) is 10.3. The minimum atomic E-state index is -0.444. The van der Waals surface area contributed by atoms with Crippen molar-refractivity contribution in [2.45, 2.75) is 11.5 Å². The van der Waals surface area contributed by atoms with E-state index in [9.17, 15) is 10.1 Å². The average molecular weight is 274 g/mol. The smallest absolute Gasteiger partial charge is 0.292 e. The summed E-state index contributed by atoms with van der Waals surface area (Å²) >= 11 is 1.69. The van der Waals surface area contributed by atoms with Crippen LogP contribution in [-0.4, -0.2) is 4.92 Å². The zero-order chi connectivity index (χ0) is 13.7. The van der Waals surface area contributed by atoms with Gasteiger partial charge in [0.05, 0.1) is 4.92 Å². The Hall–Kier alpha value is -2.01. The molecule has 2 rings (SSSR count). The molecule has 5 heteroatoms. The number of rotatable bonds is 5. The van der Waals surface area contributed by atoms with Gasteiger partial charge in [0, 0.05) is 17.6 Å². The molecule has 0 aromatic heterocycles. The third-order valence-corrected chi connectivity index (χ3v) is 3.79. The summed E-state index contributed by atoms with van der Waals surface area (Å²) in [6.07, 6.45) is 0. The number of thioether (sulfide) groups is 1. The van der Waals surface area contributed by atoms with Crippen LogP contribution >= 0.6 is 11.8 Å². The van der Waals surface area contributed by atoms with Crippen molar-refractivity contribution in [3.8, 4) is 0 Å². The molecule has 2 aromatic carbocycles. The minimum absolute atomic E-state index is 0.0159. The Morgan fingerprint density at radius 1 is 1.05 bits per heavy atom. The predicted molar refractivity (Wildman–Crippen MR) is 78.9 cm³/mol. The summed E-state index contributed by atoms with van der Waals surface area (Å²) in [7, 11) is 0. The molecule has 4 nitrogen and oxygen atoms in total. The van der Waals surface area contributed by atoms with Crippen molar-refractivity contribution in [2.75, 3.05) is 5.73 Å². The van der Waals surface area contributed by atoms with Gasteiger partial charge in [-0.25, -0.2) is 0 Å². The van der Waals surface area contributed by atoms with Gasteiger partial charge in [0.2, 0.25) is 0 Å². The van der Waals surface area contributed by atoms with Crippen molar-refractivity contribution < 1.29 is 4.92 Å². The molecule has 2 aromatic rings. The molecular weight excluding hydrogens is 260 g/mol. The lowest BCUT2D eigenvalue weighted by molar-refractivity contribution is -0.383. The monoisotopic (exact) mass is 274 g/mol. The third-order valence-electron chi connectivity index (χ3n) is 2.74. The van der Waals surface area contributed by atoms with Crippen molar-refractivity contribution in [2.24, 2.45) is 0 Å². The Morgan fingerprint density at radius 3 is 2.47 bits per heavy atom. The molecule has 0 unspecified atom stereocenters. The summed E-state index contributed by atoms with van der Waals surface area (Å²) < 4.78 is 0. The van der Waals surface area contributed by atoms with Gasteiger partial charge in [-0.3, -0.25) is 10.1 Å². The zero-order valence-electron chi connectivity index (χ0n) is 10.3. The van der Waals surface area contributed by atoms with E-state index in [-0.39, 0.29) is 11.4 Å². The van der Waals surface area contributed by atoms with Crippen molar-refractivity contribution in [3.63, 3.8) is 0 Å². The zero-order valence-corrected chi connectivity index (χ0v) is 11.1. The molecule has 0 spiro atoms. The maximum Gasteiger partial charge on any atom is 0.292 e. The second kappa shape index (κ2) is 6.24. The first-order chi connectivity index (χ1) is 9.18. The molecule has 98 valence electrons. The molecule has 0 aliphatic carbocycles. The summed E-state index contributed by atoms with van der Waals surface area (Å²) in [6.45, 7) is 0. The number of hydrogen-bond acceptors (Lipinski definition) is 4.